The first-order chi connectivity index (χ1) is 18.2. The van der Waals surface area contributed by atoms with Gasteiger partial charge >= 0.3 is 0 Å². The van der Waals surface area contributed by atoms with Crippen LogP contribution in [0.4, 0.5) is 5.95 Å². The Bertz CT molecular complexity index is 1510. The van der Waals surface area contributed by atoms with E-state index in [4.69, 9.17) is 14.2 Å². The number of para-hydroxylation sites is 1. The molecule has 1 N–H and O–H groups in total. The first kappa shape index (κ1) is 27.5. The van der Waals surface area contributed by atoms with Crippen LogP contribution < -0.4 is 14.2 Å². The minimum absolute atomic E-state index is 0.0608. The van der Waals surface area contributed by atoms with Gasteiger partial charge in [-0.25, -0.2) is 18.4 Å². The monoisotopic (exact) mass is 602 g/mol. The number of sulfonamides is 1. The lowest BCUT2D eigenvalue weighted by Crippen LogP contribution is -2.33. The third-order valence-corrected chi connectivity index (χ3v) is 8.02. The van der Waals surface area contributed by atoms with Crippen LogP contribution in [0.1, 0.15) is 24.4 Å². The summed E-state index contributed by atoms with van der Waals surface area (Å²) in [6.45, 7) is 3.36. The number of benzene rings is 2. The molecule has 0 aliphatic carbocycles. The van der Waals surface area contributed by atoms with Crippen molar-refractivity contribution in [2.45, 2.75) is 25.2 Å². The third-order valence-electron chi connectivity index (χ3n) is 5.83. The van der Waals surface area contributed by atoms with E-state index in [1.807, 2.05) is 31.2 Å². The summed E-state index contributed by atoms with van der Waals surface area (Å²) in [5.74, 6) is 1.41. The van der Waals surface area contributed by atoms with E-state index in [-0.39, 0.29) is 11.8 Å². The maximum Gasteiger partial charge on any atom is 0.243 e. The first-order valence-corrected chi connectivity index (χ1v) is 13.8. The molecule has 0 saturated carbocycles. The summed E-state index contributed by atoms with van der Waals surface area (Å²) < 4.78 is 48.9. The van der Waals surface area contributed by atoms with Gasteiger partial charge in [0.15, 0.2) is 11.6 Å². The van der Waals surface area contributed by atoms with E-state index >= 15 is 0 Å². The zero-order valence-corrected chi connectivity index (χ0v) is 23.8. The second-order valence-electron chi connectivity index (χ2n) is 8.33. The van der Waals surface area contributed by atoms with Gasteiger partial charge in [0, 0.05) is 29.5 Å². The molecule has 2 heterocycles. The van der Waals surface area contributed by atoms with Gasteiger partial charge in [0.05, 0.1) is 14.2 Å². The van der Waals surface area contributed by atoms with Gasteiger partial charge in [-0.3, -0.25) is 9.29 Å². The number of aromatic nitrogens is 5. The Morgan fingerprint density at radius 1 is 0.974 bits per heavy atom. The summed E-state index contributed by atoms with van der Waals surface area (Å²) in [5, 5.41) is 7.45. The van der Waals surface area contributed by atoms with Gasteiger partial charge in [-0.1, -0.05) is 34.1 Å². The number of nitrogens with zero attached hydrogens (tertiary/aromatic N) is 5. The number of halogens is 1. The summed E-state index contributed by atoms with van der Waals surface area (Å²) >= 11 is 3.48. The van der Waals surface area contributed by atoms with Crippen molar-refractivity contribution < 1.29 is 22.6 Å². The second kappa shape index (κ2) is 11.5. The lowest BCUT2D eigenvalue weighted by atomic mass is 10.2. The van der Waals surface area contributed by atoms with E-state index in [0.29, 0.717) is 28.6 Å². The highest BCUT2D eigenvalue weighted by Gasteiger charge is 2.35. The Balaban J connectivity index is 1.84. The second-order valence-corrected chi connectivity index (χ2v) is 11.3. The molecule has 2 aromatic carbocycles. The topological polar surface area (TPSA) is 130 Å². The maximum atomic E-state index is 13.6. The molecule has 4 aromatic rings. The Morgan fingerprint density at radius 3 is 2.18 bits per heavy atom. The summed E-state index contributed by atoms with van der Waals surface area (Å²) in [6, 6.07) is 12.6. The highest BCUT2D eigenvalue weighted by atomic mass is 79.9. The SMILES string of the molecule is COc1cccc(OC)c1-n1c(NS(=O)(=O)C(C)C(OC)c2ncc(C)cn2)nnc1-c1cccc(Br)c1. The quantitative estimate of drug-likeness (QED) is 0.282. The Kier molecular flexibility index (Phi) is 8.29. The van der Waals surface area contributed by atoms with Crippen molar-refractivity contribution in [1.29, 1.82) is 0 Å². The number of rotatable bonds is 10. The fraction of sp³-hybridized carbons (Fsp3) is 0.280. The maximum absolute atomic E-state index is 13.6. The molecule has 200 valence electrons. The number of anilines is 1. The molecule has 38 heavy (non-hydrogen) atoms. The number of aryl methyl sites for hydroxylation is 1. The molecule has 0 aliphatic rings. The van der Waals surface area contributed by atoms with Crippen molar-refractivity contribution in [1.82, 2.24) is 24.7 Å². The molecule has 0 saturated heterocycles. The Morgan fingerprint density at radius 2 is 1.61 bits per heavy atom. The van der Waals surface area contributed by atoms with Crippen molar-refractivity contribution in [2.24, 2.45) is 0 Å². The van der Waals surface area contributed by atoms with Gasteiger partial charge in [-0.05, 0) is 43.7 Å². The molecule has 2 atom stereocenters. The smallest absolute Gasteiger partial charge is 0.243 e. The fourth-order valence-electron chi connectivity index (χ4n) is 3.87. The molecular weight excluding hydrogens is 576 g/mol. The van der Waals surface area contributed by atoms with Gasteiger partial charge in [0.25, 0.3) is 0 Å². The molecule has 0 bridgehead atoms. The fourth-order valence-corrected chi connectivity index (χ4v) is 5.40. The zero-order valence-electron chi connectivity index (χ0n) is 21.4. The molecule has 0 amide bonds. The molecule has 0 fully saturated rings. The highest BCUT2D eigenvalue weighted by Crippen LogP contribution is 2.38. The third kappa shape index (κ3) is 5.49. The molecule has 4 rings (SSSR count). The van der Waals surface area contributed by atoms with E-state index in [1.165, 1.54) is 28.3 Å². The number of ether oxygens (including phenoxy) is 3. The Hall–Kier alpha value is -3.55. The van der Waals surface area contributed by atoms with Crippen LogP contribution in [0, 0.1) is 6.92 Å². The molecule has 11 nitrogen and oxygen atoms in total. The summed E-state index contributed by atoms with van der Waals surface area (Å²) in [6.07, 6.45) is 2.28. The normalized spacial score (nSPS) is 13.1. The lowest BCUT2D eigenvalue weighted by Gasteiger charge is -2.23. The van der Waals surface area contributed by atoms with Gasteiger partial charge in [0.2, 0.25) is 16.0 Å². The van der Waals surface area contributed by atoms with E-state index in [1.54, 1.807) is 35.2 Å². The molecule has 0 radical (unpaired) electrons. The predicted octanol–water partition coefficient (Wildman–Crippen LogP) is 4.33. The highest BCUT2D eigenvalue weighted by molar-refractivity contribution is 9.10. The zero-order chi connectivity index (χ0) is 27.4. The van der Waals surface area contributed by atoms with Crippen molar-refractivity contribution in [2.75, 3.05) is 26.1 Å². The van der Waals surface area contributed by atoms with Gasteiger partial charge in [-0.15, -0.1) is 10.2 Å². The number of hydrogen-bond acceptors (Lipinski definition) is 9. The number of hydrogen-bond donors (Lipinski definition) is 1. The average Bonchev–Trinajstić information content (AvgIpc) is 3.31. The predicted molar refractivity (Wildman–Crippen MR) is 146 cm³/mol. The van der Waals surface area contributed by atoms with Gasteiger partial charge in [-0.2, -0.15) is 0 Å². The van der Waals surface area contributed by atoms with Crippen molar-refractivity contribution in [3.8, 4) is 28.6 Å². The van der Waals surface area contributed by atoms with Gasteiger partial charge < -0.3 is 14.2 Å². The van der Waals surface area contributed by atoms with Gasteiger partial charge in [0.1, 0.15) is 28.5 Å². The lowest BCUT2D eigenvalue weighted by molar-refractivity contribution is 0.0949. The van der Waals surface area contributed by atoms with Crippen LogP contribution in [-0.2, 0) is 14.8 Å². The summed E-state index contributed by atoms with van der Waals surface area (Å²) in [7, 11) is 0.335. The summed E-state index contributed by atoms with van der Waals surface area (Å²) in [5.41, 5.74) is 1.95. The van der Waals surface area contributed by atoms with Crippen molar-refractivity contribution >= 4 is 31.9 Å². The average molecular weight is 603 g/mol. The molecule has 2 unspecified atom stereocenters. The van der Waals surface area contributed by atoms with Crippen LogP contribution in [-0.4, -0.2) is 59.7 Å². The van der Waals surface area contributed by atoms with E-state index in [2.05, 4.69) is 40.8 Å². The van der Waals surface area contributed by atoms with Crippen molar-refractivity contribution in [3.63, 3.8) is 0 Å². The van der Waals surface area contributed by atoms with Crippen LogP contribution >= 0.6 is 15.9 Å². The van der Waals surface area contributed by atoms with Crippen LogP contribution in [0.5, 0.6) is 11.5 Å². The standard InChI is InChI=1S/C25H27BrN6O5S/c1-15-13-27-23(28-14-15)22(37-5)16(2)38(33,34)31-25-30-29-24(17-8-6-9-18(26)12-17)32(25)21-19(35-3)10-7-11-20(21)36-4/h6-14,16,22H,1-5H3,(H,30,31). The minimum Gasteiger partial charge on any atom is -0.494 e. The minimum atomic E-state index is -4.10. The molecule has 0 aliphatic heterocycles. The van der Waals surface area contributed by atoms with E-state index in [0.717, 1.165) is 10.0 Å². The summed E-state index contributed by atoms with van der Waals surface area (Å²) in [4.78, 5) is 8.51. The molecule has 2 aromatic heterocycles. The van der Waals surface area contributed by atoms with Crippen LogP contribution in [0.25, 0.3) is 17.1 Å². The van der Waals surface area contributed by atoms with Crippen molar-refractivity contribution in [3.05, 3.63) is 70.7 Å². The van der Waals surface area contributed by atoms with E-state index in [9.17, 15) is 8.42 Å². The van der Waals surface area contributed by atoms with E-state index < -0.39 is 21.4 Å². The number of methoxy groups -OCH3 is 3. The Labute approximate surface area is 229 Å². The van der Waals surface area contributed by atoms with Crippen LogP contribution in [0.15, 0.2) is 59.3 Å². The molecule has 13 heteroatoms. The van der Waals surface area contributed by atoms with Crippen LogP contribution in [0.3, 0.4) is 0 Å². The molecule has 0 spiro atoms. The molecular formula is C25H27BrN6O5S. The number of nitrogens with one attached hydrogen (secondary N) is 1. The largest absolute Gasteiger partial charge is 0.494 e. The first-order valence-electron chi connectivity index (χ1n) is 11.5. The van der Waals surface area contributed by atoms with Crippen LogP contribution in [0.2, 0.25) is 0 Å².